The number of piperidine rings is 1. The molecule has 4 nitrogen and oxygen atoms in total. The van der Waals surface area contributed by atoms with Crippen molar-refractivity contribution in [2.75, 3.05) is 33.4 Å². The van der Waals surface area contributed by atoms with Crippen LogP contribution in [0.25, 0.3) is 0 Å². The van der Waals surface area contributed by atoms with Gasteiger partial charge in [-0.15, -0.1) is 0 Å². The Kier molecular flexibility index (Phi) is 10.3. The second-order valence-electron chi connectivity index (χ2n) is 12.7. The van der Waals surface area contributed by atoms with Gasteiger partial charge >= 0.3 is 0 Å². The number of likely N-dealkylation sites (tertiary alicyclic amines) is 1. The van der Waals surface area contributed by atoms with E-state index < -0.39 is 0 Å². The van der Waals surface area contributed by atoms with Crippen LogP contribution in [0.2, 0.25) is 0 Å². The van der Waals surface area contributed by atoms with Gasteiger partial charge in [0.1, 0.15) is 0 Å². The number of aliphatic imine (C=N–C) groups is 1. The predicted molar refractivity (Wildman–Crippen MR) is 171 cm³/mol. The molecule has 0 amide bonds. The molecule has 0 saturated carbocycles. The summed E-state index contributed by atoms with van der Waals surface area (Å²) < 4.78 is 5.28. The van der Waals surface area contributed by atoms with Gasteiger partial charge in [0.15, 0.2) is 5.78 Å². The maximum atomic E-state index is 13.3. The number of carbonyl (C=O) groups excluding carboxylic acids is 1. The topological polar surface area (TPSA) is 41.9 Å². The summed E-state index contributed by atoms with van der Waals surface area (Å²) in [5.41, 5.74) is 8.89. The van der Waals surface area contributed by atoms with Crippen molar-refractivity contribution in [3.63, 3.8) is 0 Å². The highest BCUT2D eigenvalue weighted by Gasteiger charge is 2.27. The Morgan fingerprint density at radius 3 is 2.59 bits per heavy atom. The Balaban J connectivity index is 1.39. The number of hydrogen-bond acceptors (Lipinski definition) is 4. The summed E-state index contributed by atoms with van der Waals surface area (Å²) in [7, 11) is 1.78. The van der Waals surface area contributed by atoms with E-state index in [4.69, 9.17) is 9.73 Å². The highest BCUT2D eigenvalue weighted by molar-refractivity contribution is 6.05. The molecular formula is C37H50N2O2. The van der Waals surface area contributed by atoms with Crippen LogP contribution in [0, 0.1) is 23.7 Å². The Hall–Kier alpha value is -2.56. The van der Waals surface area contributed by atoms with Gasteiger partial charge < -0.3 is 9.64 Å². The molecule has 0 spiro atoms. The van der Waals surface area contributed by atoms with E-state index in [1.54, 1.807) is 7.11 Å². The first-order valence-electron chi connectivity index (χ1n) is 16.2. The van der Waals surface area contributed by atoms with E-state index in [0.717, 1.165) is 81.7 Å². The number of rotatable bonds is 7. The summed E-state index contributed by atoms with van der Waals surface area (Å²) in [5.74, 6) is 2.04. The minimum Gasteiger partial charge on any atom is -0.383 e. The zero-order valence-corrected chi connectivity index (χ0v) is 25.8. The molecule has 0 radical (unpaired) electrons. The molecule has 2 heterocycles. The fourth-order valence-electron chi connectivity index (χ4n) is 7.33. The first kappa shape index (κ1) is 29.9. The fourth-order valence-corrected chi connectivity index (χ4v) is 7.33. The van der Waals surface area contributed by atoms with Crippen LogP contribution in [0.4, 0.5) is 0 Å². The molecule has 220 valence electrons. The molecule has 3 atom stereocenters. The van der Waals surface area contributed by atoms with Crippen molar-refractivity contribution in [1.29, 1.82) is 0 Å². The van der Waals surface area contributed by atoms with Gasteiger partial charge in [-0.3, -0.25) is 9.79 Å². The van der Waals surface area contributed by atoms with E-state index in [1.165, 1.54) is 35.1 Å². The molecular weight excluding hydrogens is 504 g/mol. The molecule has 3 aliphatic carbocycles. The third kappa shape index (κ3) is 7.45. The molecule has 1 fully saturated rings. The molecule has 0 N–H and O–H groups in total. The van der Waals surface area contributed by atoms with Crippen molar-refractivity contribution in [3.05, 3.63) is 82.2 Å². The molecule has 4 heteroatoms. The third-order valence-electron chi connectivity index (χ3n) is 9.90. The molecule has 2 bridgehead atoms. The molecule has 0 aromatic heterocycles. The number of allylic oxidation sites excluding steroid dienone is 12. The van der Waals surface area contributed by atoms with E-state index >= 15 is 0 Å². The van der Waals surface area contributed by atoms with Gasteiger partial charge in [0.05, 0.1) is 12.3 Å². The van der Waals surface area contributed by atoms with Gasteiger partial charge in [-0.1, -0.05) is 49.8 Å². The lowest BCUT2D eigenvalue weighted by molar-refractivity contribution is -0.115. The smallest absolute Gasteiger partial charge is 0.158 e. The van der Waals surface area contributed by atoms with Crippen LogP contribution in [0.15, 0.2) is 87.2 Å². The first-order valence-corrected chi connectivity index (χ1v) is 16.2. The average Bonchev–Trinajstić information content (AvgIpc) is 3.30. The van der Waals surface area contributed by atoms with Gasteiger partial charge in [-0.25, -0.2) is 0 Å². The number of carbonyl (C=O) groups is 1. The van der Waals surface area contributed by atoms with E-state index in [0.29, 0.717) is 24.2 Å². The van der Waals surface area contributed by atoms with Gasteiger partial charge in [0.2, 0.25) is 0 Å². The molecule has 2 aliphatic heterocycles. The van der Waals surface area contributed by atoms with E-state index in [2.05, 4.69) is 68.2 Å². The number of hydrogen-bond donors (Lipinski definition) is 0. The zero-order chi connectivity index (χ0) is 28.8. The quantitative estimate of drug-likeness (QED) is 0.299. The predicted octanol–water partition coefficient (Wildman–Crippen LogP) is 8.12. The number of ether oxygens (including phenoxy) is 1. The maximum Gasteiger partial charge on any atom is 0.158 e. The minimum absolute atomic E-state index is 0.155. The second kappa shape index (κ2) is 14.1. The molecule has 5 rings (SSSR count). The van der Waals surface area contributed by atoms with Crippen LogP contribution in [0.1, 0.15) is 78.6 Å². The highest BCUT2D eigenvalue weighted by atomic mass is 16.5. The van der Waals surface area contributed by atoms with Crippen molar-refractivity contribution < 1.29 is 9.53 Å². The van der Waals surface area contributed by atoms with Gasteiger partial charge in [-0.05, 0) is 124 Å². The number of nitrogens with zero attached hydrogens (tertiary/aromatic N) is 2. The summed E-state index contributed by atoms with van der Waals surface area (Å²) in [5, 5.41) is 0. The minimum atomic E-state index is 0.155. The summed E-state index contributed by atoms with van der Waals surface area (Å²) >= 11 is 0. The molecule has 0 aromatic rings. The lowest BCUT2D eigenvalue weighted by Crippen LogP contribution is -2.36. The molecule has 5 aliphatic rings. The van der Waals surface area contributed by atoms with Crippen molar-refractivity contribution in [2.45, 2.75) is 78.6 Å². The van der Waals surface area contributed by atoms with Crippen LogP contribution in [0.3, 0.4) is 0 Å². The Labute approximate surface area is 248 Å². The summed E-state index contributed by atoms with van der Waals surface area (Å²) in [6.45, 7) is 10.9. The third-order valence-corrected chi connectivity index (χ3v) is 9.90. The van der Waals surface area contributed by atoms with E-state index in [9.17, 15) is 4.79 Å². The zero-order valence-electron chi connectivity index (χ0n) is 25.8. The van der Waals surface area contributed by atoms with Crippen LogP contribution < -0.4 is 0 Å². The Bertz CT molecular complexity index is 1230. The maximum absolute atomic E-state index is 13.3. The van der Waals surface area contributed by atoms with Crippen molar-refractivity contribution in [3.8, 4) is 0 Å². The Morgan fingerprint density at radius 2 is 1.83 bits per heavy atom. The standard InChI is InChI=1S/C37H50N2O2/c1-5-28-22-34-21-27(20-26(28)3)8-7-9-32(23-29(34)6-2)37-25-35(40)24-33-11-10-30(12-13-36(33)38-37)31-14-16-39(17-15-31)18-19-41-4/h9-10,12-13,20,22-23,25,27-28,31,33H,5-8,11,14-19,21,24H2,1-4H3/b29-23-,32-9+. The molecule has 41 heavy (non-hydrogen) atoms. The Morgan fingerprint density at radius 1 is 1.00 bits per heavy atom. The van der Waals surface area contributed by atoms with Crippen molar-refractivity contribution in [2.24, 2.45) is 28.7 Å². The first-order chi connectivity index (χ1) is 20.0. The van der Waals surface area contributed by atoms with Crippen molar-refractivity contribution in [1.82, 2.24) is 4.90 Å². The van der Waals surface area contributed by atoms with Crippen LogP contribution in [0.5, 0.6) is 0 Å². The van der Waals surface area contributed by atoms with E-state index in [1.807, 2.05) is 6.08 Å². The SMILES string of the molecule is CC/C1=C/C(C2=CC(=O)CC3CC=C(C4CCN(CCOC)CC4)C=CC3=N2)=C\CCC2C=C(C)C(CC)C=C1C2. The van der Waals surface area contributed by atoms with Gasteiger partial charge in [0.25, 0.3) is 0 Å². The summed E-state index contributed by atoms with van der Waals surface area (Å²) in [6.07, 6.45) is 27.7. The second-order valence-corrected chi connectivity index (χ2v) is 12.7. The number of methoxy groups -OCH3 is 1. The molecule has 3 unspecified atom stereocenters. The van der Waals surface area contributed by atoms with Gasteiger partial charge in [-0.2, -0.15) is 0 Å². The summed E-state index contributed by atoms with van der Waals surface area (Å²) in [6, 6.07) is 0. The lowest BCUT2D eigenvalue weighted by atomic mass is 9.88. The number of ketones is 1. The lowest BCUT2D eigenvalue weighted by Gasteiger charge is -2.32. The van der Waals surface area contributed by atoms with Crippen molar-refractivity contribution >= 4 is 11.5 Å². The van der Waals surface area contributed by atoms with Crippen LogP contribution >= 0.6 is 0 Å². The normalized spacial score (nSPS) is 30.7. The fraction of sp³-hybridized carbons (Fsp3) is 0.568. The highest BCUT2D eigenvalue weighted by Crippen LogP contribution is 2.38. The molecule has 0 aromatic carbocycles. The largest absolute Gasteiger partial charge is 0.383 e. The summed E-state index contributed by atoms with van der Waals surface area (Å²) in [4.78, 5) is 21.0. The van der Waals surface area contributed by atoms with Crippen LogP contribution in [-0.4, -0.2) is 49.7 Å². The number of fused-ring (bicyclic) bond motifs is 3. The monoisotopic (exact) mass is 554 g/mol. The van der Waals surface area contributed by atoms with Crippen LogP contribution in [-0.2, 0) is 9.53 Å². The van der Waals surface area contributed by atoms with E-state index in [-0.39, 0.29) is 11.7 Å². The average molecular weight is 555 g/mol. The molecule has 1 saturated heterocycles. The van der Waals surface area contributed by atoms with Gasteiger partial charge in [0, 0.05) is 37.8 Å².